The van der Waals surface area contributed by atoms with E-state index < -0.39 is 17.9 Å². The van der Waals surface area contributed by atoms with Gasteiger partial charge in [0.15, 0.2) is 0 Å². The van der Waals surface area contributed by atoms with Crippen LogP contribution in [0.25, 0.3) is 0 Å². The molecule has 0 bridgehead atoms. The Labute approximate surface area is 184 Å². The van der Waals surface area contributed by atoms with Crippen molar-refractivity contribution in [2.45, 2.75) is 66.7 Å². The highest BCUT2D eigenvalue weighted by Crippen LogP contribution is 2.33. The van der Waals surface area contributed by atoms with Crippen molar-refractivity contribution in [2.75, 3.05) is 26.2 Å². The minimum Gasteiger partial charge on any atom is -0.434 e. The van der Waals surface area contributed by atoms with Crippen LogP contribution in [0.3, 0.4) is 0 Å². The Morgan fingerprint density at radius 2 is 1.68 bits per heavy atom. The van der Waals surface area contributed by atoms with Crippen LogP contribution >= 0.6 is 0 Å². The van der Waals surface area contributed by atoms with Gasteiger partial charge in [0.05, 0.1) is 0 Å². The molecule has 1 unspecified atom stereocenters. The summed E-state index contributed by atoms with van der Waals surface area (Å²) in [5.74, 6) is 0.339. The first-order valence-corrected chi connectivity index (χ1v) is 10.6. The number of alkyl halides is 3. The lowest BCUT2D eigenvalue weighted by Gasteiger charge is -2.39. The number of carbonyl (C=O) groups excluding carboxylic acids is 1. The third-order valence-corrected chi connectivity index (χ3v) is 5.79. The van der Waals surface area contributed by atoms with E-state index in [9.17, 15) is 18.0 Å². The van der Waals surface area contributed by atoms with Crippen molar-refractivity contribution in [3.63, 3.8) is 0 Å². The zero-order chi connectivity index (χ0) is 24.0. The van der Waals surface area contributed by atoms with Crippen LogP contribution in [0.1, 0.15) is 54.9 Å². The summed E-state index contributed by atoms with van der Waals surface area (Å²) in [5.41, 5.74) is 1.59. The lowest BCUT2D eigenvalue weighted by Crippen LogP contribution is -2.52. The molecule has 1 saturated heterocycles. The Balaban J connectivity index is 3.06. The van der Waals surface area contributed by atoms with Crippen LogP contribution in [0, 0.1) is 5.92 Å². The first-order valence-electron chi connectivity index (χ1n) is 10.6. The summed E-state index contributed by atoms with van der Waals surface area (Å²) in [6.45, 7) is 17.2. The van der Waals surface area contributed by atoms with E-state index >= 15 is 0 Å². The van der Waals surface area contributed by atoms with Gasteiger partial charge in [-0.3, -0.25) is 4.99 Å². The smallest absolute Gasteiger partial charge is 0.427 e. The molecule has 1 aliphatic heterocycles. The third kappa shape index (κ3) is 6.61. The van der Waals surface area contributed by atoms with E-state index in [1.54, 1.807) is 0 Å². The molecular formula is C23H36F3N3O2. The van der Waals surface area contributed by atoms with Crippen molar-refractivity contribution >= 4 is 11.8 Å². The Bertz CT molecular complexity index is 744. The number of hydrogen-bond acceptors (Lipinski definition) is 4. The zero-order valence-corrected chi connectivity index (χ0v) is 19.8. The molecule has 0 N–H and O–H groups in total. The number of rotatable bonds is 7. The highest BCUT2D eigenvalue weighted by atomic mass is 19.4. The molecular weight excluding hydrogens is 407 g/mol. The maximum Gasteiger partial charge on any atom is 0.427 e. The molecule has 0 aromatic carbocycles. The molecule has 0 aromatic heterocycles. The monoisotopic (exact) mass is 443 g/mol. The molecule has 176 valence electrons. The quantitative estimate of drug-likeness (QED) is 0.361. The van der Waals surface area contributed by atoms with E-state index in [4.69, 9.17) is 4.74 Å². The summed E-state index contributed by atoms with van der Waals surface area (Å²) < 4.78 is 43.8. The molecule has 5 nitrogen and oxygen atoms in total. The summed E-state index contributed by atoms with van der Waals surface area (Å²) in [5, 5.41) is 0. The van der Waals surface area contributed by atoms with Crippen molar-refractivity contribution in [3.8, 4) is 0 Å². The molecule has 0 saturated carbocycles. The first kappa shape index (κ1) is 26.8. The van der Waals surface area contributed by atoms with Gasteiger partial charge < -0.3 is 14.5 Å². The number of aliphatic imine (C=N–C) groups is 1. The molecule has 1 amide bonds. The predicted octanol–water partition coefficient (Wildman–Crippen LogP) is 5.95. The number of ether oxygens (including phenoxy) is 1. The summed E-state index contributed by atoms with van der Waals surface area (Å²) >= 11 is 0. The molecule has 1 rings (SSSR count). The van der Waals surface area contributed by atoms with Gasteiger partial charge in [0.1, 0.15) is 0 Å². The van der Waals surface area contributed by atoms with Crippen molar-refractivity contribution in [1.29, 1.82) is 0 Å². The molecule has 1 fully saturated rings. The van der Waals surface area contributed by atoms with Gasteiger partial charge in [0, 0.05) is 49.4 Å². The molecule has 31 heavy (non-hydrogen) atoms. The van der Waals surface area contributed by atoms with Gasteiger partial charge in [-0.25, -0.2) is 4.79 Å². The number of amides is 1. The highest BCUT2D eigenvalue weighted by molar-refractivity contribution is 6.03. The molecule has 1 atom stereocenters. The minimum absolute atomic E-state index is 0.281. The van der Waals surface area contributed by atoms with Gasteiger partial charge in [-0.15, -0.1) is 0 Å². The van der Waals surface area contributed by atoms with Crippen molar-refractivity contribution in [1.82, 2.24) is 9.80 Å². The topological polar surface area (TPSA) is 45.1 Å². The van der Waals surface area contributed by atoms with Crippen molar-refractivity contribution in [3.05, 3.63) is 35.7 Å². The molecule has 0 radical (unpaired) electrons. The minimum atomic E-state index is -4.63. The first-order chi connectivity index (χ1) is 14.3. The largest absolute Gasteiger partial charge is 0.434 e. The number of halogens is 3. The molecule has 0 aliphatic carbocycles. The molecule has 8 heteroatoms. The fourth-order valence-electron chi connectivity index (χ4n) is 3.50. The second-order valence-corrected chi connectivity index (χ2v) is 8.26. The Morgan fingerprint density at radius 3 is 2.10 bits per heavy atom. The Hall–Kier alpha value is -2.25. The average molecular weight is 444 g/mol. The van der Waals surface area contributed by atoms with Crippen LogP contribution in [0.5, 0.6) is 0 Å². The van der Waals surface area contributed by atoms with E-state index in [-0.39, 0.29) is 13.1 Å². The van der Waals surface area contributed by atoms with E-state index in [2.05, 4.69) is 36.4 Å². The number of carbonyl (C=O) groups is 1. The van der Waals surface area contributed by atoms with Gasteiger partial charge >= 0.3 is 12.3 Å². The van der Waals surface area contributed by atoms with Gasteiger partial charge in [-0.2, -0.15) is 13.2 Å². The molecule has 1 heterocycles. The lowest BCUT2D eigenvalue weighted by molar-refractivity contribution is -0.246. The number of nitrogens with zero attached hydrogens (tertiary/aromatic N) is 3. The second kappa shape index (κ2) is 10.9. The Kier molecular flexibility index (Phi) is 9.39. The summed E-state index contributed by atoms with van der Waals surface area (Å²) in [7, 11) is 0. The van der Waals surface area contributed by atoms with Crippen molar-refractivity contribution < 1.29 is 22.7 Å². The zero-order valence-electron chi connectivity index (χ0n) is 19.8. The van der Waals surface area contributed by atoms with Gasteiger partial charge in [-0.05, 0) is 52.5 Å². The summed E-state index contributed by atoms with van der Waals surface area (Å²) in [4.78, 5) is 20.1. The van der Waals surface area contributed by atoms with Gasteiger partial charge in [0.2, 0.25) is 5.60 Å². The van der Waals surface area contributed by atoms with Gasteiger partial charge in [0.25, 0.3) is 0 Å². The number of allylic oxidation sites excluding steroid dienone is 4. The SMILES string of the molecule is C=CN=C(C)C(/C(=C\C)C(C)CC)=C(\C)N1CCN(C(=O)OC(C)(C)C(F)(F)F)CC1. The average Bonchev–Trinajstić information content (AvgIpc) is 2.69. The number of piperazine rings is 1. The fraction of sp³-hybridized carbons (Fsp3) is 0.652. The molecule has 0 spiro atoms. The lowest BCUT2D eigenvalue weighted by atomic mass is 9.87. The van der Waals surface area contributed by atoms with Crippen LogP contribution in [-0.2, 0) is 4.74 Å². The van der Waals surface area contributed by atoms with Gasteiger partial charge in [-0.1, -0.05) is 26.5 Å². The van der Waals surface area contributed by atoms with Crippen LogP contribution < -0.4 is 0 Å². The standard InChI is InChI=1S/C23H36F3N3O2/c1-9-16(4)19(10-2)20(17(5)27-11-3)18(6)28-12-14-29(15-13-28)21(30)31-22(7,8)23(24,25)26/h10-11,16H,3,9,12-15H2,1-2,4-8H3/b19-10-,20-18-,27-17?. The maximum atomic E-state index is 13.0. The summed E-state index contributed by atoms with van der Waals surface area (Å²) in [6, 6.07) is 0. The Morgan fingerprint density at radius 1 is 1.16 bits per heavy atom. The van der Waals surface area contributed by atoms with E-state index in [1.807, 2.05) is 20.8 Å². The summed E-state index contributed by atoms with van der Waals surface area (Å²) in [6.07, 6.45) is -0.974. The van der Waals surface area contributed by atoms with E-state index in [0.717, 1.165) is 37.3 Å². The van der Waals surface area contributed by atoms with E-state index in [1.165, 1.54) is 16.7 Å². The number of hydrogen-bond donors (Lipinski definition) is 0. The maximum absolute atomic E-state index is 13.0. The van der Waals surface area contributed by atoms with Crippen LogP contribution in [0.15, 0.2) is 40.7 Å². The normalized spacial score (nSPS) is 18.5. The highest BCUT2D eigenvalue weighted by Gasteiger charge is 2.51. The molecule has 0 aromatic rings. The second-order valence-electron chi connectivity index (χ2n) is 8.26. The third-order valence-electron chi connectivity index (χ3n) is 5.79. The fourth-order valence-corrected chi connectivity index (χ4v) is 3.50. The van der Waals surface area contributed by atoms with Crippen LogP contribution in [0.4, 0.5) is 18.0 Å². The van der Waals surface area contributed by atoms with Crippen LogP contribution in [0.2, 0.25) is 0 Å². The van der Waals surface area contributed by atoms with Crippen LogP contribution in [-0.4, -0.2) is 59.6 Å². The predicted molar refractivity (Wildman–Crippen MR) is 119 cm³/mol. The van der Waals surface area contributed by atoms with Crippen molar-refractivity contribution in [2.24, 2.45) is 10.9 Å². The van der Waals surface area contributed by atoms with E-state index in [0.29, 0.717) is 19.0 Å². The molecule has 1 aliphatic rings.